The van der Waals surface area contributed by atoms with Gasteiger partial charge < -0.3 is 23.7 Å². The minimum atomic E-state index is -0.234. The highest BCUT2D eigenvalue weighted by Crippen LogP contribution is 2.40. The first-order valence-corrected chi connectivity index (χ1v) is 12.4. The molecule has 3 aromatic carbocycles. The highest BCUT2D eigenvalue weighted by atomic mass is 32.1. The zero-order valence-corrected chi connectivity index (χ0v) is 22.1. The SMILES string of the molecule is COc1cc(/C=c2/sc3nnc(-c4cc(OC)c(OC)c(OC)c4)n3c2=O)ccc1OCc1ccccc1. The van der Waals surface area contributed by atoms with Crippen molar-refractivity contribution in [2.24, 2.45) is 0 Å². The van der Waals surface area contributed by atoms with Gasteiger partial charge in [-0.1, -0.05) is 47.7 Å². The van der Waals surface area contributed by atoms with Gasteiger partial charge in [-0.15, -0.1) is 10.2 Å². The second-order valence-corrected chi connectivity index (χ2v) is 9.17. The van der Waals surface area contributed by atoms with Crippen LogP contribution in [0.4, 0.5) is 0 Å². The Balaban J connectivity index is 1.50. The molecule has 38 heavy (non-hydrogen) atoms. The number of aromatic nitrogens is 3. The third kappa shape index (κ3) is 4.73. The second kappa shape index (κ2) is 10.8. The topological polar surface area (TPSA) is 93.4 Å². The predicted molar refractivity (Wildman–Crippen MR) is 145 cm³/mol. The van der Waals surface area contributed by atoms with Gasteiger partial charge in [0.1, 0.15) is 6.61 Å². The fourth-order valence-electron chi connectivity index (χ4n) is 4.04. The summed E-state index contributed by atoms with van der Waals surface area (Å²) in [6, 6.07) is 18.9. The smallest absolute Gasteiger partial charge is 0.276 e. The van der Waals surface area contributed by atoms with E-state index in [4.69, 9.17) is 23.7 Å². The normalized spacial score (nSPS) is 11.5. The molecule has 0 spiro atoms. The summed E-state index contributed by atoms with van der Waals surface area (Å²) in [6.45, 7) is 0.420. The van der Waals surface area contributed by atoms with Crippen LogP contribution in [0.15, 0.2) is 65.5 Å². The van der Waals surface area contributed by atoms with E-state index in [1.807, 2.05) is 48.5 Å². The van der Waals surface area contributed by atoms with E-state index < -0.39 is 0 Å². The maximum absolute atomic E-state index is 13.4. The van der Waals surface area contributed by atoms with Crippen LogP contribution in [0, 0.1) is 0 Å². The van der Waals surface area contributed by atoms with Gasteiger partial charge in [0, 0.05) is 5.56 Å². The molecule has 0 saturated carbocycles. The summed E-state index contributed by atoms with van der Waals surface area (Å²) in [6.07, 6.45) is 1.80. The molecule has 0 aliphatic heterocycles. The van der Waals surface area contributed by atoms with Crippen molar-refractivity contribution in [3.05, 3.63) is 86.7 Å². The van der Waals surface area contributed by atoms with Crippen LogP contribution in [0.1, 0.15) is 11.1 Å². The maximum Gasteiger partial charge on any atom is 0.276 e. The van der Waals surface area contributed by atoms with Crippen molar-refractivity contribution in [3.63, 3.8) is 0 Å². The molecule has 2 aromatic heterocycles. The van der Waals surface area contributed by atoms with E-state index >= 15 is 0 Å². The predicted octanol–water partition coefficient (Wildman–Crippen LogP) is 3.98. The second-order valence-electron chi connectivity index (χ2n) is 8.16. The fraction of sp³-hybridized carbons (Fsp3) is 0.179. The third-order valence-electron chi connectivity index (χ3n) is 5.89. The molecule has 0 fully saturated rings. The molecule has 0 N–H and O–H groups in total. The molecule has 0 aliphatic carbocycles. The van der Waals surface area contributed by atoms with Gasteiger partial charge in [0.15, 0.2) is 28.8 Å². The van der Waals surface area contributed by atoms with Crippen molar-refractivity contribution < 1.29 is 23.7 Å². The Morgan fingerprint density at radius 2 is 1.53 bits per heavy atom. The Labute approximate surface area is 222 Å². The summed E-state index contributed by atoms with van der Waals surface area (Å²) in [5.41, 5.74) is 2.22. The Kier molecular flexibility index (Phi) is 7.14. The van der Waals surface area contributed by atoms with Gasteiger partial charge in [-0.05, 0) is 41.5 Å². The largest absolute Gasteiger partial charge is 0.493 e. The lowest BCUT2D eigenvalue weighted by Crippen LogP contribution is -2.23. The highest BCUT2D eigenvalue weighted by Gasteiger charge is 2.19. The summed E-state index contributed by atoms with van der Waals surface area (Å²) < 4.78 is 29.8. The maximum atomic E-state index is 13.4. The van der Waals surface area contributed by atoms with Crippen molar-refractivity contribution in [1.29, 1.82) is 0 Å². The van der Waals surface area contributed by atoms with Crippen LogP contribution in [-0.2, 0) is 6.61 Å². The van der Waals surface area contributed by atoms with E-state index in [-0.39, 0.29) is 5.56 Å². The minimum Gasteiger partial charge on any atom is -0.493 e. The first kappa shape index (κ1) is 25.1. The summed E-state index contributed by atoms with van der Waals surface area (Å²) in [7, 11) is 6.18. The van der Waals surface area contributed by atoms with Gasteiger partial charge in [-0.2, -0.15) is 0 Å². The van der Waals surface area contributed by atoms with Crippen LogP contribution in [0.25, 0.3) is 22.4 Å². The molecule has 5 aromatic rings. The standard InChI is InChI=1S/C28H25N3O6S/c1-33-21-12-18(10-11-20(21)37-16-17-8-6-5-7-9-17)13-24-27(32)31-26(29-30-28(31)38-24)19-14-22(34-2)25(36-4)23(15-19)35-3/h5-15H,16H2,1-4H3/b24-13+. The average molecular weight is 532 g/mol. The number of hydrogen-bond acceptors (Lipinski definition) is 9. The third-order valence-corrected chi connectivity index (χ3v) is 6.85. The first-order valence-electron chi connectivity index (χ1n) is 11.6. The number of rotatable bonds is 9. The van der Waals surface area contributed by atoms with Crippen molar-refractivity contribution in [1.82, 2.24) is 14.6 Å². The molecule has 0 bridgehead atoms. The fourth-order valence-corrected chi connectivity index (χ4v) is 4.95. The number of ether oxygens (including phenoxy) is 5. The molecule has 5 rings (SSSR count). The number of fused-ring (bicyclic) bond motifs is 1. The Morgan fingerprint density at radius 1 is 0.816 bits per heavy atom. The number of nitrogens with zero attached hydrogens (tertiary/aromatic N) is 3. The van der Waals surface area contributed by atoms with Gasteiger partial charge in [0.25, 0.3) is 5.56 Å². The van der Waals surface area contributed by atoms with E-state index in [0.29, 0.717) is 56.2 Å². The Bertz CT molecular complexity index is 1670. The van der Waals surface area contributed by atoms with E-state index in [1.54, 1.807) is 25.3 Å². The number of hydrogen-bond donors (Lipinski definition) is 0. The van der Waals surface area contributed by atoms with E-state index in [9.17, 15) is 4.79 Å². The monoisotopic (exact) mass is 531 g/mol. The molecule has 0 aliphatic rings. The van der Waals surface area contributed by atoms with Crippen molar-refractivity contribution in [2.45, 2.75) is 6.61 Å². The van der Waals surface area contributed by atoms with Crippen LogP contribution >= 0.6 is 11.3 Å². The van der Waals surface area contributed by atoms with Crippen molar-refractivity contribution >= 4 is 22.4 Å². The lowest BCUT2D eigenvalue weighted by molar-refractivity contribution is 0.284. The van der Waals surface area contributed by atoms with Crippen LogP contribution < -0.4 is 33.8 Å². The lowest BCUT2D eigenvalue weighted by atomic mass is 10.1. The van der Waals surface area contributed by atoms with Gasteiger partial charge in [0.05, 0.1) is 33.0 Å². The van der Waals surface area contributed by atoms with Crippen LogP contribution in [0.2, 0.25) is 0 Å². The highest BCUT2D eigenvalue weighted by molar-refractivity contribution is 7.15. The zero-order valence-electron chi connectivity index (χ0n) is 21.3. The first-order chi connectivity index (χ1) is 18.6. The Morgan fingerprint density at radius 3 is 2.18 bits per heavy atom. The molecule has 194 valence electrons. The van der Waals surface area contributed by atoms with E-state index in [1.165, 1.54) is 37.1 Å². The molecule has 10 heteroatoms. The van der Waals surface area contributed by atoms with Crippen LogP contribution in [0.5, 0.6) is 28.7 Å². The minimum absolute atomic E-state index is 0.234. The number of methoxy groups -OCH3 is 4. The summed E-state index contributed by atoms with van der Waals surface area (Å²) >= 11 is 1.25. The Hall–Kier alpha value is -4.57. The zero-order chi connectivity index (χ0) is 26.6. The lowest BCUT2D eigenvalue weighted by Gasteiger charge is -2.13. The van der Waals surface area contributed by atoms with Gasteiger partial charge in [-0.3, -0.25) is 4.79 Å². The summed E-state index contributed by atoms with van der Waals surface area (Å²) in [5.74, 6) is 2.92. The molecule has 2 heterocycles. The van der Waals surface area contributed by atoms with Crippen LogP contribution in [-0.4, -0.2) is 43.0 Å². The van der Waals surface area contributed by atoms with Crippen molar-refractivity contribution in [2.75, 3.05) is 28.4 Å². The molecule has 0 radical (unpaired) electrons. The van der Waals surface area contributed by atoms with Gasteiger partial charge >= 0.3 is 0 Å². The van der Waals surface area contributed by atoms with Crippen LogP contribution in [0.3, 0.4) is 0 Å². The molecule has 0 unspecified atom stereocenters. The molecular weight excluding hydrogens is 506 g/mol. The molecule has 0 amide bonds. The quantitative estimate of drug-likeness (QED) is 0.282. The molecular formula is C28H25N3O6S. The summed E-state index contributed by atoms with van der Waals surface area (Å²) in [5, 5.41) is 8.47. The molecule has 0 saturated heterocycles. The number of thiazole rings is 1. The van der Waals surface area contributed by atoms with Crippen molar-refractivity contribution in [3.8, 4) is 40.1 Å². The molecule has 9 nitrogen and oxygen atoms in total. The van der Waals surface area contributed by atoms with E-state index in [2.05, 4.69) is 10.2 Å². The average Bonchev–Trinajstić information content (AvgIpc) is 3.51. The van der Waals surface area contributed by atoms with E-state index in [0.717, 1.165) is 11.1 Å². The van der Waals surface area contributed by atoms with Gasteiger partial charge in [-0.25, -0.2) is 4.40 Å². The summed E-state index contributed by atoms with van der Waals surface area (Å²) in [4.78, 5) is 13.9. The number of benzene rings is 3. The molecule has 0 atom stereocenters. The van der Waals surface area contributed by atoms with Gasteiger partial charge in [0.2, 0.25) is 10.7 Å².